The Bertz CT molecular complexity index is 640. The summed E-state index contributed by atoms with van der Waals surface area (Å²) in [5.74, 6) is 6.05. The topological polar surface area (TPSA) is 71.5 Å². The number of hydrogen-bond donors (Lipinski definition) is 2. The maximum atomic E-state index is 11.5. The minimum atomic E-state index is -0.351. The van der Waals surface area contributed by atoms with Gasteiger partial charge in [-0.1, -0.05) is 29.8 Å². The number of nitrogen functional groups attached to an aromatic ring is 1. The number of nitrogens with zero attached hydrogens (tertiary/aromatic N) is 1. The Labute approximate surface area is 128 Å². The first-order chi connectivity index (χ1) is 10.0. The maximum absolute atomic E-state index is 11.5. The number of aryl methyl sites for hydroxylation is 1. The molecule has 3 N–H and O–H groups in total. The fraction of sp³-hybridized carbons (Fsp3) is 0.267. The van der Waals surface area contributed by atoms with Crippen molar-refractivity contribution in [2.24, 2.45) is 5.84 Å². The molecular weight excluding hydrogens is 290 g/mol. The van der Waals surface area contributed by atoms with Crippen LogP contribution in [0.1, 0.15) is 27.4 Å². The lowest BCUT2D eigenvalue weighted by atomic mass is 10.2. The molecule has 1 aromatic carbocycles. The van der Waals surface area contributed by atoms with Gasteiger partial charge in [-0.3, -0.25) is 15.1 Å². The Hall–Kier alpha value is -1.82. The van der Waals surface area contributed by atoms with Gasteiger partial charge >= 0.3 is 0 Å². The third-order valence-electron chi connectivity index (χ3n) is 3.17. The molecular formula is C15H18ClN3O2. The summed E-state index contributed by atoms with van der Waals surface area (Å²) < 4.78 is 5.59. The summed E-state index contributed by atoms with van der Waals surface area (Å²) in [7, 11) is 1.96. The van der Waals surface area contributed by atoms with E-state index in [9.17, 15) is 4.79 Å². The Balaban J connectivity index is 2.05. The Kier molecular flexibility index (Phi) is 5.01. The van der Waals surface area contributed by atoms with Gasteiger partial charge in [-0.2, -0.15) is 0 Å². The number of rotatable bonds is 5. The van der Waals surface area contributed by atoms with E-state index in [2.05, 4.69) is 10.3 Å². The van der Waals surface area contributed by atoms with E-state index in [0.29, 0.717) is 30.2 Å². The van der Waals surface area contributed by atoms with Crippen LogP contribution in [0.3, 0.4) is 0 Å². The van der Waals surface area contributed by atoms with Gasteiger partial charge in [-0.15, -0.1) is 0 Å². The molecule has 21 heavy (non-hydrogen) atoms. The van der Waals surface area contributed by atoms with Gasteiger partial charge in [0.15, 0.2) is 0 Å². The number of nitrogens with one attached hydrogen (secondary N) is 1. The number of benzene rings is 1. The lowest BCUT2D eigenvalue weighted by Crippen LogP contribution is -2.30. The van der Waals surface area contributed by atoms with E-state index in [4.69, 9.17) is 21.9 Å². The average Bonchev–Trinajstić information content (AvgIpc) is 2.81. The van der Waals surface area contributed by atoms with Gasteiger partial charge in [0.05, 0.1) is 12.1 Å². The number of amides is 1. The average molecular weight is 308 g/mol. The van der Waals surface area contributed by atoms with Crippen LogP contribution in [0.15, 0.2) is 34.7 Å². The quantitative estimate of drug-likeness (QED) is 0.506. The number of carbonyl (C=O) groups is 1. The predicted octanol–water partition coefficient (Wildman–Crippen LogP) is 2.48. The molecule has 1 heterocycles. The maximum Gasteiger partial charge on any atom is 0.268 e. The summed E-state index contributed by atoms with van der Waals surface area (Å²) in [6, 6.07) is 9.42. The van der Waals surface area contributed by atoms with Crippen molar-refractivity contribution in [2.45, 2.75) is 20.0 Å². The number of halogens is 1. The molecule has 1 aromatic heterocycles. The molecule has 0 saturated carbocycles. The first kappa shape index (κ1) is 15.6. The van der Waals surface area contributed by atoms with Crippen LogP contribution in [0.2, 0.25) is 5.02 Å². The fourth-order valence-corrected chi connectivity index (χ4v) is 2.36. The number of hydrogen-bond acceptors (Lipinski definition) is 4. The highest BCUT2D eigenvalue weighted by molar-refractivity contribution is 6.31. The monoisotopic (exact) mass is 307 g/mol. The summed E-state index contributed by atoms with van der Waals surface area (Å²) >= 11 is 6.14. The highest BCUT2D eigenvalue weighted by Gasteiger charge is 2.15. The number of carbonyl (C=O) groups excluding carboxylic acids is 1. The molecule has 2 rings (SSSR count). The summed E-state index contributed by atoms with van der Waals surface area (Å²) in [6.07, 6.45) is 0. The lowest BCUT2D eigenvalue weighted by molar-refractivity contribution is 0.0952. The van der Waals surface area contributed by atoms with Crippen LogP contribution >= 0.6 is 11.6 Å². The summed E-state index contributed by atoms with van der Waals surface area (Å²) in [4.78, 5) is 13.6. The SMILES string of the molecule is Cc1oc(CN(C)Cc2ccccc2Cl)cc1C(=O)NN. The van der Waals surface area contributed by atoms with E-state index in [1.54, 1.807) is 13.0 Å². The van der Waals surface area contributed by atoms with Crippen LogP contribution in [0.5, 0.6) is 0 Å². The van der Waals surface area contributed by atoms with E-state index in [-0.39, 0.29) is 5.91 Å². The molecule has 0 radical (unpaired) electrons. The predicted molar refractivity (Wildman–Crippen MR) is 81.7 cm³/mol. The molecule has 0 aliphatic rings. The molecule has 2 aromatic rings. The zero-order valence-electron chi connectivity index (χ0n) is 12.0. The van der Waals surface area contributed by atoms with Crippen LogP contribution in [0, 0.1) is 6.92 Å². The minimum absolute atomic E-state index is 0.351. The zero-order chi connectivity index (χ0) is 15.4. The normalized spacial score (nSPS) is 10.9. The largest absolute Gasteiger partial charge is 0.464 e. The van der Waals surface area contributed by atoms with Gasteiger partial charge < -0.3 is 4.42 Å². The van der Waals surface area contributed by atoms with Crippen molar-refractivity contribution in [1.82, 2.24) is 10.3 Å². The highest BCUT2D eigenvalue weighted by atomic mass is 35.5. The van der Waals surface area contributed by atoms with Gasteiger partial charge in [-0.05, 0) is 31.7 Å². The third-order valence-corrected chi connectivity index (χ3v) is 3.54. The van der Waals surface area contributed by atoms with Crippen molar-refractivity contribution < 1.29 is 9.21 Å². The molecule has 112 valence electrons. The molecule has 5 nitrogen and oxygen atoms in total. The van der Waals surface area contributed by atoms with Crippen molar-refractivity contribution in [3.63, 3.8) is 0 Å². The zero-order valence-corrected chi connectivity index (χ0v) is 12.8. The van der Waals surface area contributed by atoms with E-state index in [1.807, 2.05) is 31.3 Å². The minimum Gasteiger partial charge on any atom is -0.464 e. The van der Waals surface area contributed by atoms with E-state index >= 15 is 0 Å². The number of hydrazine groups is 1. The van der Waals surface area contributed by atoms with Crippen LogP contribution in [0.25, 0.3) is 0 Å². The van der Waals surface area contributed by atoms with Gasteiger partial charge in [0.25, 0.3) is 5.91 Å². The molecule has 0 spiro atoms. The third kappa shape index (κ3) is 3.85. The van der Waals surface area contributed by atoms with Crippen LogP contribution < -0.4 is 11.3 Å². The summed E-state index contributed by atoms with van der Waals surface area (Å²) in [5.41, 5.74) is 3.61. The van der Waals surface area contributed by atoms with Crippen LogP contribution in [0.4, 0.5) is 0 Å². The molecule has 0 aliphatic carbocycles. The van der Waals surface area contributed by atoms with Crippen LogP contribution in [-0.4, -0.2) is 17.9 Å². The van der Waals surface area contributed by atoms with Gasteiger partial charge in [-0.25, -0.2) is 5.84 Å². The number of nitrogens with two attached hydrogens (primary N) is 1. The van der Waals surface area contributed by atoms with E-state index in [0.717, 1.165) is 10.6 Å². The molecule has 0 bridgehead atoms. The molecule has 0 saturated heterocycles. The van der Waals surface area contributed by atoms with Crippen molar-refractivity contribution in [3.8, 4) is 0 Å². The molecule has 1 amide bonds. The first-order valence-electron chi connectivity index (χ1n) is 6.53. The van der Waals surface area contributed by atoms with E-state index < -0.39 is 0 Å². The van der Waals surface area contributed by atoms with Crippen molar-refractivity contribution in [2.75, 3.05) is 7.05 Å². The smallest absolute Gasteiger partial charge is 0.268 e. The summed E-state index contributed by atoms with van der Waals surface area (Å²) in [5, 5.41) is 0.739. The highest BCUT2D eigenvalue weighted by Crippen LogP contribution is 2.19. The lowest BCUT2D eigenvalue weighted by Gasteiger charge is -2.15. The number of furan rings is 1. The van der Waals surface area contributed by atoms with Crippen LogP contribution in [-0.2, 0) is 13.1 Å². The van der Waals surface area contributed by atoms with Crippen molar-refractivity contribution >= 4 is 17.5 Å². The fourth-order valence-electron chi connectivity index (χ4n) is 2.16. The molecule has 6 heteroatoms. The van der Waals surface area contributed by atoms with Crippen molar-refractivity contribution in [1.29, 1.82) is 0 Å². The van der Waals surface area contributed by atoms with Gasteiger partial charge in [0, 0.05) is 11.6 Å². The standard InChI is InChI=1S/C15H18ClN3O2/c1-10-13(15(20)18-17)7-12(21-10)9-19(2)8-11-5-3-4-6-14(11)16/h3-7H,8-9,17H2,1-2H3,(H,18,20). The second-order valence-electron chi connectivity index (χ2n) is 4.92. The Morgan fingerprint density at radius 2 is 2.10 bits per heavy atom. The first-order valence-corrected chi connectivity index (χ1v) is 6.91. The molecule has 0 aliphatic heterocycles. The second kappa shape index (κ2) is 6.76. The van der Waals surface area contributed by atoms with Crippen molar-refractivity contribution in [3.05, 3.63) is 58.0 Å². The summed E-state index contributed by atoms with van der Waals surface area (Å²) in [6.45, 7) is 3.00. The van der Waals surface area contributed by atoms with Gasteiger partial charge in [0.1, 0.15) is 11.5 Å². The second-order valence-corrected chi connectivity index (χ2v) is 5.33. The van der Waals surface area contributed by atoms with Gasteiger partial charge in [0.2, 0.25) is 0 Å². The molecule has 0 unspecified atom stereocenters. The molecule has 0 fully saturated rings. The Morgan fingerprint density at radius 1 is 1.38 bits per heavy atom. The molecule has 0 atom stereocenters. The Morgan fingerprint density at radius 3 is 2.76 bits per heavy atom. The van der Waals surface area contributed by atoms with E-state index in [1.165, 1.54) is 0 Å².